The van der Waals surface area contributed by atoms with Crippen LogP contribution < -0.4 is 10.1 Å². The molecule has 6 heteroatoms. The first-order chi connectivity index (χ1) is 13.8. The van der Waals surface area contributed by atoms with Crippen LogP contribution in [0.4, 0.5) is 0 Å². The number of carboxylic acid groups (broad SMARTS) is 1. The minimum atomic E-state index is -1.27. The second-order valence-corrected chi connectivity index (χ2v) is 7.59. The van der Waals surface area contributed by atoms with E-state index in [0.717, 1.165) is 29.5 Å². The Balaban J connectivity index is 1.75. The van der Waals surface area contributed by atoms with E-state index in [1.54, 1.807) is 0 Å². The number of oxazole rings is 1. The lowest BCUT2D eigenvalue weighted by Crippen LogP contribution is -2.37. The molecule has 0 fully saturated rings. The quantitative estimate of drug-likeness (QED) is 0.513. The number of ether oxygens (including phenoxy) is 1. The van der Waals surface area contributed by atoms with E-state index in [-0.39, 0.29) is 12.1 Å². The molecule has 0 aliphatic heterocycles. The summed E-state index contributed by atoms with van der Waals surface area (Å²) >= 11 is 0. The SMILES string of the molecule is CCC(NC(CC)c1nc2ccccc2o1)c1ccc(OC(C)(C)C(=O)O)cc1. The van der Waals surface area contributed by atoms with Gasteiger partial charge in [-0.2, -0.15) is 0 Å². The van der Waals surface area contributed by atoms with Gasteiger partial charge in [0.25, 0.3) is 0 Å². The van der Waals surface area contributed by atoms with Crippen molar-refractivity contribution in [2.24, 2.45) is 0 Å². The highest BCUT2D eigenvalue weighted by Crippen LogP contribution is 2.28. The second-order valence-electron chi connectivity index (χ2n) is 7.59. The fourth-order valence-corrected chi connectivity index (χ4v) is 3.20. The average molecular weight is 396 g/mol. The third kappa shape index (κ3) is 4.77. The zero-order chi connectivity index (χ0) is 21.0. The summed E-state index contributed by atoms with van der Waals surface area (Å²) in [6.45, 7) is 7.29. The summed E-state index contributed by atoms with van der Waals surface area (Å²) < 4.78 is 11.5. The van der Waals surface area contributed by atoms with Crippen molar-refractivity contribution in [1.82, 2.24) is 10.3 Å². The van der Waals surface area contributed by atoms with E-state index in [4.69, 9.17) is 9.15 Å². The van der Waals surface area contributed by atoms with E-state index in [9.17, 15) is 9.90 Å². The van der Waals surface area contributed by atoms with Crippen molar-refractivity contribution in [2.75, 3.05) is 0 Å². The summed E-state index contributed by atoms with van der Waals surface area (Å²) in [4.78, 5) is 15.9. The second kappa shape index (κ2) is 8.66. The van der Waals surface area contributed by atoms with Crippen LogP contribution in [-0.2, 0) is 4.79 Å². The molecule has 29 heavy (non-hydrogen) atoms. The highest BCUT2D eigenvalue weighted by Gasteiger charge is 2.29. The molecule has 154 valence electrons. The Morgan fingerprint density at radius 1 is 1.10 bits per heavy atom. The number of fused-ring (bicyclic) bond motifs is 1. The molecule has 0 radical (unpaired) electrons. The van der Waals surface area contributed by atoms with Crippen LogP contribution in [0.5, 0.6) is 5.75 Å². The molecule has 2 unspecified atom stereocenters. The minimum absolute atomic E-state index is 0.00535. The molecule has 2 N–H and O–H groups in total. The largest absolute Gasteiger partial charge is 0.478 e. The van der Waals surface area contributed by atoms with Gasteiger partial charge in [0.15, 0.2) is 11.2 Å². The average Bonchev–Trinajstić information content (AvgIpc) is 3.13. The van der Waals surface area contributed by atoms with Crippen LogP contribution in [-0.4, -0.2) is 21.7 Å². The third-order valence-electron chi connectivity index (χ3n) is 5.00. The Labute approximate surface area is 170 Å². The van der Waals surface area contributed by atoms with Crippen LogP contribution in [0.3, 0.4) is 0 Å². The summed E-state index contributed by atoms with van der Waals surface area (Å²) in [6, 6.07) is 15.4. The molecule has 1 aromatic heterocycles. The van der Waals surface area contributed by atoms with E-state index < -0.39 is 11.6 Å². The maximum atomic E-state index is 11.3. The molecule has 0 saturated heterocycles. The Hall–Kier alpha value is -2.86. The Kier molecular flexibility index (Phi) is 6.23. The lowest BCUT2D eigenvalue weighted by Gasteiger charge is -2.24. The van der Waals surface area contributed by atoms with Crippen molar-refractivity contribution in [3.05, 3.63) is 60.0 Å². The van der Waals surface area contributed by atoms with Crippen LogP contribution >= 0.6 is 0 Å². The van der Waals surface area contributed by atoms with Gasteiger partial charge in [-0.3, -0.25) is 5.32 Å². The predicted molar refractivity (Wildman–Crippen MR) is 112 cm³/mol. The van der Waals surface area contributed by atoms with Gasteiger partial charge < -0.3 is 14.3 Å². The number of nitrogens with zero attached hydrogens (tertiary/aromatic N) is 1. The van der Waals surface area contributed by atoms with Gasteiger partial charge in [0.1, 0.15) is 11.3 Å². The van der Waals surface area contributed by atoms with Gasteiger partial charge in [0, 0.05) is 6.04 Å². The van der Waals surface area contributed by atoms with Gasteiger partial charge in [0.2, 0.25) is 5.89 Å². The van der Waals surface area contributed by atoms with Crippen LogP contribution in [0.2, 0.25) is 0 Å². The fourth-order valence-electron chi connectivity index (χ4n) is 3.20. The normalized spacial score (nSPS) is 13.9. The molecule has 0 spiro atoms. The number of rotatable bonds is 9. The Bertz CT molecular complexity index is 929. The van der Waals surface area contributed by atoms with Gasteiger partial charge in [-0.25, -0.2) is 9.78 Å². The smallest absolute Gasteiger partial charge is 0.347 e. The zero-order valence-electron chi connectivity index (χ0n) is 17.3. The molecular formula is C23H28N2O4. The highest BCUT2D eigenvalue weighted by atomic mass is 16.5. The van der Waals surface area contributed by atoms with Gasteiger partial charge in [0.05, 0.1) is 6.04 Å². The maximum absolute atomic E-state index is 11.3. The molecule has 0 bridgehead atoms. The first kappa shape index (κ1) is 20.9. The van der Waals surface area contributed by atoms with E-state index in [2.05, 4.69) is 24.1 Å². The lowest BCUT2D eigenvalue weighted by atomic mass is 10.0. The van der Waals surface area contributed by atoms with Gasteiger partial charge in [-0.05, 0) is 56.5 Å². The van der Waals surface area contributed by atoms with Crippen LogP contribution in [0, 0.1) is 0 Å². The monoisotopic (exact) mass is 396 g/mol. The zero-order valence-corrected chi connectivity index (χ0v) is 17.3. The molecule has 2 aromatic carbocycles. The highest BCUT2D eigenvalue weighted by molar-refractivity contribution is 5.76. The van der Waals surface area contributed by atoms with Crippen molar-refractivity contribution in [3.63, 3.8) is 0 Å². The van der Waals surface area contributed by atoms with Gasteiger partial charge in [-0.15, -0.1) is 0 Å². The fraction of sp³-hybridized carbons (Fsp3) is 0.391. The molecule has 0 amide bonds. The van der Waals surface area contributed by atoms with Gasteiger partial charge in [-0.1, -0.05) is 38.1 Å². The van der Waals surface area contributed by atoms with E-state index in [0.29, 0.717) is 11.6 Å². The molecule has 2 atom stereocenters. The maximum Gasteiger partial charge on any atom is 0.347 e. The third-order valence-corrected chi connectivity index (χ3v) is 5.00. The molecule has 1 heterocycles. The molecule has 0 saturated carbocycles. The minimum Gasteiger partial charge on any atom is -0.478 e. The molecule has 0 aliphatic carbocycles. The van der Waals surface area contributed by atoms with Crippen LogP contribution in [0.15, 0.2) is 52.9 Å². The Morgan fingerprint density at radius 3 is 2.34 bits per heavy atom. The summed E-state index contributed by atoms with van der Waals surface area (Å²) in [5.41, 5.74) is 1.48. The van der Waals surface area contributed by atoms with Crippen molar-refractivity contribution < 1.29 is 19.1 Å². The van der Waals surface area contributed by atoms with Gasteiger partial charge >= 0.3 is 5.97 Å². The number of carboxylic acids is 1. The molecular weight excluding hydrogens is 368 g/mol. The molecule has 0 aliphatic rings. The first-order valence-corrected chi connectivity index (χ1v) is 9.98. The van der Waals surface area contributed by atoms with E-state index >= 15 is 0 Å². The Morgan fingerprint density at radius 2 is 1.76 bits per heavy atom. The molecule has 3 rings (SSSR count). The summed E-state index contributed by atoms with van der Waals surface area (Å²) in [5.74, 6) is 0.219. The number of hydrogen-bond donors (Lipinski definition) is 2. The van der Waals surface area contributed by atoms with E-state index in [1.807, 2.05) is 48.5 Å². The van der Waals surface area contributed by atoms with Crippen LogP contribution in [0.1, 0.15) is 64.1 Å². The topological polar surface area (TPSA) is 84.6 Å². The summed E-state index contributed by atoms with van der Waals surface area (Å²) in [6.07, 6.45) is 1.73. The van der Waals surface area contributed by atoms with Crippen molar-refractivity contribution in [2.45, 2.75) is 58.2 Å². The van der Waals surface area contributed by atoms with Crippen molar-refractivity contribution in [1.29, 1.82) is 0 Å². The van der Waals surface area contributed by atoms with Crippen molar-refractivity contribution in [3.8, 4) is 5.75 Å². The number of nitrogens with one attached hydrogen (secondary N) is 1. The van der Waals surface area contributed by atoms with Crippen LogP contribution in [0.25, 0.3) is 11.1 Å². The number of benzene rings is 2. The van der Waals surface area contributed by atoms with Crippen molar-refractivity contribution >= 4 is 17.1 Å². The number of aliphatic carboxylic acids is 1. The summed E-state index contributed by atoms with van der Waals surface area (Å²) in [7, 11) is 0. The van der Waals surface area contributed by atoms with E-state index in [1.165, 1.54) is 13.8 Å². The summed E-state index contributed by atoms with van der Waals surface area (Å²) in [5, 5.41) is 12.9. The standard InChI is InChI=1S/C23H28N2O4/c1-5-17(15-11-13-16(14-12-15)29-23(3,4)22(26)27)24-18(6-2)21-25-19-9-7-8-10-20(19)28-21/h7-14,17-18,24H,5-6H2,1-4H3,(H,26,27). The predicted octanol–water partition coefficient (Wildman–Crippen LogP) is 5.26. The number of hydrogen-bond acceptors (Lipinski definition) is 5. The molecule has 3 aromatic rings. The molecule has 6 nitrogen and oxygen atoms in total. The number of carbonyl (C=O) groups is 1. The lowest BCUT2D eigenvalue weighted by molar-refractivity contribution is -0.152. The number of aromatic nitrogens is 1. The first-order valence-electron chi connectivity index (χ1n) is 9.98. The number of para-hydroxylation sites is 2.